The van der Waals surface area contributed by atoms with Crippen LogP contribution in [0.1, 0.15) is 60.3 Å². The largest absolute Gasteiger partial charge is 0.471 e. The summed E-state index contributed by atoms with van der Waals surface area (Å²) in [6, 6.07) is 15.3. The lowest BCUT2D eigenvalue weighted by Gasteiger charge is -2.26. The summed E-state index contributed by atoms with van der Waals surface area (Å²) < 4.78 is 5.71. The number of rotatable bonds is 8. The zero-order valence-electron chi connectivity index (χ0n) is 17.9. The van der Waals surface area contributed by atoms with E-state index >= 15 is 0 Å². The Kier molecular flexibility index (Phi) is 6.55. The van der Waals surface area contributed by atoms with Gasteiger partial charge in [-0.1, -0.05) is 36.4 Å². The fraction of sp³-hybridized carbons (Fsp3) is 0.500. The van der Waals surface area contributed by atoms with Crippen LogP contribution in [-0.2, 0) is 19.3 Å². The van der Waals surface area contributed by atoms with Gasteiger partial charge in [0.2, 0.25) is 0 Å². The average molecular weight is 407 g/mol. The van der Waals surface area contributed by atoms with Gasteiger partial charge in [0.05, 0.1) is 6.61 Å². The molecule has 0 saturated heterocycles. The van der Waals surface area contributed by atoms with Crippen LogP contribution >= 0.6 is 0 Å². The van der Waals surface area contributed by atoms with Crippen LogP contribution < -0.4 is 10.5 Å². The van der Waals surface area contributed by atoms with Crippen molar-refractivity contribution in [2.75, 3.05) is 13.3 Å². The van der Waals surface area contributed by atoms with Crippen molar-refractivity contribution in [3.05, 3.63) is 64.7 Å². The number of nitrogens with two attached hydrogens (primary N) is 1. The summed E-state index contributed by atoms with van der Waals surface area (Å²) in [6.45, 7) is 3.89. The normalized spacial score (nSPS) is 25.7. The van der Waals surface area contributed by atoms with Crippen molar-refractivity contribution in [1.29, 1.82) is 0 Å². The van der Waals surface area contributed by atoms with E-state index in [-0.39, 0.29) is 12.1 Å². The molecular weight excluding hydrogens is 372 g/mol. The van der Waals surface area contributed by atoms with Gasteiger partial charge in [-0.2, -0.15) is 0 Å². The summed E-state index contributed by atoms with van der Waals surface area (Å²) in [4.78, 5) is 3.80. The Balaban J connectivity index is 1.36. The van der Waals surface area contributed by atoms with E-state index in [1.54, 1.807) is 0 Å². The van der Waals surface area contributed by atoms with E-state index in [1.807, 2.05) is 12.1 Å². The summed E-state index contributed by atoms with van der Waals surface area (Å²) in [5.41, 5.74) is 11.6. The first-order valence-electron chi connectivity index (χ1n) is 11.2. The number of aliphatic imine (C=N–C) groups is 1. The monoisotopic (exact) mass is 406 g/mol. The van der Waals surface area contributed by atoms with E-state index in [0.29, 0.717) is 18.6 Å². The smallest absolute Gasteiger partial charge is 0.178 e. The van der Waals surface area contributed by atoms with Gasteiger partial charge in [-0.3, -0.25) is 4.99 Å². The Bertz CT molecular complexity index is 881. The third kappa shape index (κ3) is 4.76. The van der Waals surface area contributed by atoms with Crippen molar-refractivity contribution in [3.63, 3.8) is 0 Å². The van der Waals surface area contributed by atoms with Crippen molar-refractivity contribution in [1.82, 2.24) is 0 Å². The molecule has 1 saturated carbocycles. The van der Waals surface area contributed by atoms with Crippen LogP contribution in [0, 0.1) is 5.92 Å². The molecule has 1 fully saturated rings. The van der Waals surface area contributed by atoms with Crippen molar-refractivity contribution >= 4 is 6.72 Å². The van der Waals surface area contributed by atoms with Crippen molar-refractivity contribution < 1.29 is 9.84 Å². The molecule has 3 N–H and O–H groups in total. The van der Waals surface area contributed by atoms with E-state index in [1.165, 1.54) is 35.1 Å². The van der Waals surface area contributed by atoms with Crippen LogP contribution in [0.15, 0.2) is 47.5 Å². The molecule has 0 radical (unpaired) electrons. The lowest BCUT2D eigenvalue weighted by atomic mass is 9.79. The molecule has 0 aromatic heterocycles. The Hall–Kier alpha value is -2.17. The van der Waals surface area contributed by atoms with Gasteiger partial charge in [0.1, 0.15) is 5.75 Å². The minimum absolute atomic E-state index is 0.0917. The second-order valence-electron chi connectivity index (χ2n) is 9.24. The summed E-state index contributed by atoms with van der Waals surface area (Å²) in [7, 11) is 0. The van der Waals surface area contributed by atoms with Gasteiger partial charge >= 0.3 is 0 Å². The van der Waals surface area contributed by atoms with Crippen LogP contribution in [0.5, 0.6) is 5.75 Å². The molecule has 30 heavy (non-hydrogen) atoms. The molecule has 2 aliphatic rings. The number of benzene rings is 2. The minimum Gasteiger partial charge on any atom is -0.471 e. The first kappa shape index (κ1) is 21.1. The molecule has 4 rings (SSSR count). The second-order valence-corrected chi connectivity index (χ2v) is 9.24. The van der Waals surface area contributed by atoms with Gasteiger partial charge in [-0.15, -0.1) is 0 Å². The quantitative estimate of drug-likeness (QED) is 0.638. The SMILES string of the molecule is C=NCOc1ccccc1CC[C@H]1CCc2cc([C@H]3CC[C@](N)(CO)C3)ccc2C1. The topological polar surface area (TPSA) is 67.8 Å². The number of nitrogens with zero attached hydrogens (tertiary/aromatic N) is 1. The van der Waals surface area contributed by atoms with Gasteiger partial charge in [-0.05, 0) is 98.2 Å². The third-order valence-electron chi connectivity index (χ3n) is 7.10. The maximum Gasteiger partial charge on any atom is 0.178 e. The van der Waals surface area contributed by atoms with Crippen LogP contribution in [0.3, 0.4) is 0 Å². The molecule has 0 amide bonds. The molecule has 2 aromatic rings. The van der Waals surface area contributed by atoms with Crippen molar-refractivity contribution in [2.24, 2.45) is 16.6 Å². The summed E-state index contributed by atoms with van der Waals surface area (Å²) in [6.07, 6.45) is 8.68. The molecular formula is C26H34N2O2. The van der Waals surface area contributed by atoms with Crippen LogP contribution in [0.4, 0.5) is 0 Å². The summed E-state index contributed by atoms with van der Waals surface area (Å²) in [5, 5.41) is 9.56. The molecule has 4 nitrogen and oxygen atoms in total. The molecule has 0 bridgehead atoms. The average Bonchev–Trinajstić information content (AvgIpc) is 3.19. The fourth-order valence-corrected chi connectivity index (χ4v) is 5.26. The molecule has 2 aromatic carbocycles. The molecule has 0 heterocycles. The van der Waals surface area contributed by atoms with Gasteiger partial charge in [0, 0.05) is 5.54 Å². The Morgan fingerprint density at radius 3 is 2.83 bits per heavy atom. The lowest BCUT2D eigenvalue weighted by molar-refractivity contribution is 0.198. The maximum absolute atomic E-state index is 9.56. The highest BCUT2D eigenvalue weighted by Gasteiger charge is 2.36. The van der Waals surface area contributed by atoms with Crippen molar-refractivity contribution in [3.8, 4) is 5.75 Å². The van der Waals surface area contributed by atoms with Crippen LogP contribution in [-0.4, -0.2) is 30.7 Å². The standard InChI is InChI=1S/C26H34N2O2/c1-28-18-30-25-5-3-2-4-20(25)8-6-19-7-9-22-15-23(11-10-21(22)14-19)24-12-13-26(27,16-24)17-29/h2-5,10-11,15,19,24,29H,1,6-9,12-14,16-18,27H2/t19-,24-,26+/m0/s1. The van der Waals surface area contributed by atoms with Gasteiger partial charge < -0.3 is 15.6 Å². The predicted octanol–water partition coefficient (Wildman–Crippen LogP) is 4.42. The first-order chi connectivity index (χ1) is 14.6. The number of fused-ring (bicyclic) bond motifs is 1. The number of hydrogen-bond donors (Lipinski definition) is 2. The number of hydrogen-bond acceptors (Lipinski definition) is 4. The highest BCUT2D eigenvalue weighted by molar-refractivity contribution is 5.37. The number of aliphatic hydroxyl groups excluding tert-OH is 1. The van der Waals surface area contributed by atoms with E-state index in [4.69, 9.17) is 10.5 Å². The summed E-state index contributed by atoms with van der Waals surface area (Å²) >= 11 is 0. The van der Waals surface area contributed by atoms with Gasteiger partial charge in [0.15, 0.2) is 6.73 Å². The number of para-hydroxylation sites is 1. The van der Waals surface area contributed by atoms with Gasteiger partial charge in [0.25, 0.3) is 0 Å². The molecule has 0 spiro atoms. The van der Waals surface area contributed by atoms with Crippen LogP contribution in [0.2, 0.25) is 0 Å². The summed E-state index contributed by atoms with van der Waals surface area (Å²) in [5.74, 6) is 2.14. The number of aliphatic hydroxyl groups is 1. The Labute approximate surface area is 180 Å². The lowest BCUT2D eigenvalue weighted by Crippen LogP contribution is -2.40. The molecule has 2 aliphatic carbocycles. The number of aryl methyl sites for hydroxylation is 2. The van der Waals surface area contributed by atoms with Crippen molar-refractivity contribution in [2.45, 2.75) is 62.8 Å². The van der Waals surface area contributed by atoms with E-state index in [2.05, 4.69) is 42.0 Å². The molecule has 0 unspecified atom stereocenters. The molecule has 4 heteroatoms. The number of ether oxygens (including phenoxy) is 1. The highest BCUT2D eigenvalue weighted by atomic mass is 16.5. The van der Waals surface area contributed by atoms with E-state index in [0.717, 1.165) is 44.3 Å². The van der Waals surface area contributed by atoms with Crippen LogP contribution in [0.25, 0.3) is 0 Å². The Morgan fingerprint density at radius 2 is 2.03 bits per heavy atom. The van der Waals surface area contributed by atoms with E-state index < -0.39 is 0 Å². The predicted molar refractivity (Wildman–Crippen MR) is 122 cm³/mol. The third-order valence-corrected chi connectivity index (χ3v) is 7.10. The molecule has 160 valence electrons. The minimum atomic E-state index is -0.382. The zero-order chi connectivity index (χ0) is 21.0. The first-order valence-corrected chi connectivity index (χ1v) is 11.2. The molecule has 0 aliphatic heterocycles. The molecule has 3 atom stereocenters. The van der Waals surface area contributed by atoms with Gasteiger partial charge in [-0.25, -0.2) is 0 Å². The highest BCUT2D eigenvalue weighted by Crippen LogP contribution is 2.41. The maximum atomic E-state index is 9.56. The second kappa shape index (κ2) is 9.32. The fourth-order valence-electron chi connectivity index (χ4n) is 5.26. The Morgan fingerprint density at radius 1 is 1.17 bits per heavy atom. The van der Waals surface area contributed by atoms with E-state index in [9.17, 15) is 5.11 Å². The zero-order valence-corrected chi connectivity index (χ0v) is 17.9.